The van der Waals surface area contributed by atoms with E-state index in [4.69, 9.17) is 0 Å². The number of rotatable bonds is 1. The van der Waals surface area contributed by atoms with Crippen LogP contribution in [0.2, 0.25) is 0 Å². The van der Waals surface area contributed by atoms with Gasteiger partial charge in [0.1, 0.15) is 0 Å². The van der Waals surface area contributed by atoms with Gasteiger partial charge in [0, 0.05) is 13.0 Å². The molecule has 1 aliphatic heterocycles. The molecule has 17 heavy (non-hydrogen) atoms. The molecule has 2 N–H and O–H groups in total. The number of fused-ring (bicyclic) bond motifs is 1. The van der Waals surface area contributed by atoms with Crippen molar-refractivity contribution in [3.8, 4) is 0 Å². The topological polar surface area (TPSA) is 60.8 Å². The molecule has 1 saturated heterocycles. The molecule has 4 heteroatoms. The molecule has 3 unspecified atom stereocenters. The first-order valence-corrected chi connectivity index (χ1v) is 5.90. The molecule has 0 spiro atoms. The molecule has 3 atom stereocenters. The van der Waals surface area contributed by atoms with Crippen LogP contribution >= 0.6 is 0 Å². The first-order valence-electron chi connectivity index (χ1n) is 5.90. The van der Waals surface area contributed by atoms with Crippen LogP contribution in [0.3, 0.4) is 0 Å². The maximum atomic E-state index is 11.8. The highest BCUT2D eigenvalue weighted by Crippen LogP contribution is 2.37. The van der Waals surface area contributed by atoms with Gasteiger partial charge in [-0.2, -0.15) is 0 Å². The molecule has 4 nitrogen and oxygen atoms in total. The van der Waals surface area contributed by atoms with Crippen molar-refractivity contribution in [2.75, 3.05) is 6.54 Å². The van der Waals surface area contributed by atoms with Gasteiger partial charge in [0.05, 0.1) is 24.7 Å². The first-order chi connectivity index (χ1) is 8.16. The minimum absolute atomic E-state index is 0.0711. The zero-order valence-corrected chi connectivity index (χ0v) is 9.41. The summed E-state index contributed by atoms with van der Waals surface area (Å²) in [5.74, 6) is -0.0711. The second kappa shape index (κ2) is 3.82. The smallest absolute Gasteiger partial charge is 0.225 e. The summed E-state index contributed by atoms with van der Waals surface area (Å²) in [6.45, 7) is 0.328. The van der Waals surface area contributed by atoms with E-state index in [1.54, 1.807) is 4.90 Å². The number of carbonyl (C=O) groups is 1. The summed E-state index contributed by atoms with van der Waals surface area (Å²) in [5.41, 5.74) is 2.11. The highest BCUT2D eigenvalue weighted by molar-refractivity contribution is 5.79. The van der Waals surface area contributed by atoms with Gasteiger partial charge in [0.15, 0.2) is 0 Å². The Hall–Kier alpha value is -1.39. The molecule has 0 aromatic heterocycles. The van der Waals surface area contributed by atoms with E-state index in [-0.39, 0.29) is 18.4 Å². The minimum Gasteiger partial charge on any atom is -0.391 e. The van der Waals surface area contributed by atoms with Crippen molar-refractivity contribution in [2.24, 2.45) is 0 Å². The van der Waals surface area contributed by atoms with Crippen molar-refractivity contribution in [3.63, 3.8) is 0 Å². The molecule has 1 aromatic rings. The van der Waals surface area contributed by atoms with Gasteiger partial charge < -0.3 is 15.1 Å². The van der Waals surface area contributed by atoms with Crippen LogP contribution in [0.15, 0.2) is 24.3 Å². The summed E-state index contributed by atoms with van der Waals surface area (Å²) >= 11 is 0. The van der Waals surface area contributed by atoms with Gasteiger partial charge in [0.25, 0.3) is 0 Å². The van der Waals surface area contributed by atoms with Crippen LogP contribution in [-0.2, 0) is 11.2 Å². The van der Waals surface area contributed by atoms with Crippen LogP contribution in [0.4, 0.5) is 0 Å². The van der Waals surface area contributed by atoms with Crippen LogP contribution in [-0.4, -0.2) is 39.8 Å². The second-order valence-electron chi connectivity index (χ2n) is 4.82. The number of aliphatic hydroxyl groups excluding tert-OH is 2. The second-order valence-corrected chi connectivity index (χ2v) is 4.82. The highest BCUT2D eigenvalue weighted by atomic mass is 16.3. The van der Waals surface area contributed by atoms with Gasteiger partial charge in [-0.05, 0) is 11.1 Å². The van der Waals surface area contributed by atoms with Crippen LogP contribution in [0, 0.1) is 0 Å². The van der Waals surface area contributed by atoms with Crippen LogP contribution in [0.25, 0.3) is 0 Å². The molecule has 0 bridgehead atoms. The van der Waals surface area contributed by atoms with E-state index in [9.17, 15) is 15.0 Å². The summed E-state index contributed by atoms with van der Waals surface area (Å²) < 4.78 is 0. The number of hydrogen-bond donors (Lipinski definition) is 2. The van der Waals surface area contributed by atoms with E-state index in [2.05, 4.69) is 0 Å². The van der Waals surface area contributed by atoms with E-state index in [1.165, 1.54) is 0 Å². The van der Waals surface area contributed by atoms with Gasteiger partial charge in [-0.1, -0.05) is 24.3 Å². The molecule has 1 aliphatic carbocycles. The third-order valence-electron chi connectivity index (χ3n) is 3.64. The lowest BCUT2D eigenvalue weighted by molar-refractivity contribution is -0.131. The van der Waals surface area contributed by atoms with E-state index in [0.29, 0.717) is 13.0 Å². The summed E-state index contributed by atoms with van der Waals surface area (Å²) in [4.78, 5) is 13.4. The SMILES string of the molecule is O=C1CC(O)CN1C1c2ccccc2CC1O. The predicted octanol–water partition coefficient (Wildman–Crippen LogP) is 0.238. The zero-order chi connectivity index (χ0) is 12.0. The van der Waals surface area contributed by atoms with E-state index in [1.807, 2.05) is 24.3 Å². The summed E-state index contributed by atoms with van der Waals surface area (Å²) in [6, 6.07) is 7.51. The number of likely N-dealkylation sites (tertiary alicyclic amines) is 1. The first kappa shape index (κ1) is 10.7. The fraction of sp³-hybridized carbons (Fsp3) is 0.462. The average Bonchev–Trinajstić information content (AvgIpc) is 2.77. The molecule has 1 fully saturated rings. The van der Waals surface area contributed by atoms with Gasteiger partial charge in [-0.25, -0.2) is 0 Å². The molecule has 1 amide bonds. The zero-order valence-electron chi connectivity index (χ0n) is 9.41. The largest absolute Gasteiger partial charge is 0.391 e. The monoisotopic (exact) mass is 233 g/mol. The van der Waals surface area contributed by atoms with Gasteiger partial charge >= 0.3 is 0 Å². The fourth-order valence-corrected chi connectivity index (χ4v) is 2.91. The lowest BCUT2D eigenvalue weighted by Crippen LogP contribution is -2.35. The highest BCUT2D eigenvalue weighted by Gasteiger charge is 2.41. The Bertz CT molecular complexity index is 460. The van der Waals surface area contributed by atoms with Crippen molar-refractivity contribution in [2.45, 2.75) is 31.1 Å². The van der Waals surface area contributed by atoms with Crippen molar-refractivity contribution in [1.82, 2.24) is 4.90 Å². The molecule has 0 radical (unpaired) electrons. The molecular weight excluding hydrogens is 218 g/mol. The Morgan fingerprint density at radius 1 is 1.18 bits per heavy atom. The van der Waals surface area contributed by atoms with Gasteiger partial charge in [-0.3, -0.25) is 4.79 Å². The predicted molar refractivity (Wildman–Crippen MR) is 61.2 cm³/mol. The Balaban J connectivity index is 1.96. The van der Waals surface area contributed by atoms with Gasteiger partial charge in [-0.15, -0.1) is 0 Å². The maximum Gasteiger partial charge on any atom is 0.225 e. The molecule has 3 rings (SSSR count). The Kier molecular flexibility index (Phi) is 2.42. The number of benzene rings is 1. The van der Waals surface area contributed by atoms with Crippen LogP contribution in [0.1, 0.15) is 23.6 Å². The quantitative estimate of drug-likeness (QED) is 0.730. The average molecular weight is 233 g/mol. The number of amides is 1. The third-order valence-corrected chi connectivity index (χ3v) is 3.64. The number of aliphatic hydroxyl groups is 2. The number of hydrogen-bond acceptors (Lipinski definition) is 3. The Morgan fingerprint density at radius 2 is 1.94 bits per heavy atom. The molecule has 1 heterocycles. The maximum absolute atomic E-state index is 11.8. The summed E-state index contributed by atoms with van der Waals surface area (Å²) in [6.07, 6.45) is -0.393. The molecule has 1 aromatic carbocycles. The Labute approximate surface area is 99.5 Å². The lowest BCUT2D eigenvalue weighted by Gasteiger charge is -2.27. The minimum atomic E-state index is -0.595. The number of nitrogens with zero attached hydrogens (tertiary/aromatic N) is 1. The number of carbonyl (C=O) groups excluding carboxylic acids is 1. The van der Waals surface area contributed by atoms with Gasteiger partial charge in [0.2, 0.25) is 5.91 Å². The van der Waals surface area contributed by atoms with E-state index in [0.717, 1.165) is 11.1 Å². The van der Waals surface area contributed by atoms with Crippen LogP contribution in [0.5, 0.6) is 0 Å². The summed E-state index contributed by atoms with van der Waals surface area (Å²) in [7, 11) is 0. The lowest BCUT2D eigenvalue weighted by atomic mass is 10.1. The normalized spacial score (nSPS) is 32.0. The summed E-state index contributed by atoms with van der Waals surface area (Å²) in [5, 5.41) is 19.6. The molecule has 0 saturated carbocycles. The molecule has 90 valence electrons. The van der Waals surface area contributed by atoms with E-state index < -0.39 is 12.2 Å². The molecular formula is C13H15NO3. The standard InChI is InChI=1S/C13H15NO3/c15-9-6-12(17)14(7-9)13-10-4-2-1-3-8(10)5-11(13)16/h1-4,9,11,13,15-16H,5-7H2. The van der Waals surface area contributed by atoms with Crippen molar-refractivity contribution in [1.29, 1.82) is 0 Å². The third kappa shape index (κ3) is 1.64. The van der Waals surface area contributed by atoms with Crippen molar-refractivity contribution >= 4 is 5.91 Å². The van der Waals surface area contributed by atoms with E-state index >= 15 is 0 Å². The Morgan fingerprint density at radius 3 is 2.65 bits per heavy atom. The van der Waals surface area contributed by atoms with Crippen molar-refractivity contribution < 1.29 is 15.0 Å². The van der Waals surface area contributed by atoms with Crippen molar-refractivity contribution in [3.05, 3.63) is 35.4 Å². The fourth-order valence-electron chi connectivity index (χ4n) is 2.91. The molecule has 2 aliphatic rings. The number of β-amino-alcohol motifs (C(OH)–C–C–N with tert-alkyl or cyclic N) is 1. The van der Waals surface area contributed by atoms with Crippen LogP contribution < -0.4 is 0 Å².